The maximum atomic E-state index is 12.5. The number of carbonyl (C=O) groups excluding carboxylic acids is 1. The van der Waals surface area contributed by atoms with Gasteiger partial charge in [0.1, 0.15) is 5.82 Å². The number of nitrogens with zero attached hydrogens (tertiary/aromatic N) is 3. The second kappa shape index (κ2) is 6.48. The normalized spacial score (nSPS) is 14.6. The highest BCUT2D eigenvalue weighted by atomic mass is 16.4. The summed E-state index contributed by atoms with van der Waals surface area (Å²) in [4.78, 5) is 31.6. The fourth-order valence-electron chi connectivity index (χ4n) is 2.62. The third kappa shape index (κ3) is 3.31. The van der Waals surface area contributed by atoms with Crippen molar-refractivity contribution in [2.24, 2.45) is 0 Å². The minimum absolute atomic E-state index is 0.0670. The van der Waals surface area contributed by atoms with Crippen molar-refractivity contribution in [3.63, 3.8) is 0 Å². The molecule has 1 saturated heterocycles. The van der Waals surface area contributed by atoms with Gasteiger partial charge in [-0.2, -0.15) is 0 Å². The number of amides is 1. The first kappa shape index (κ1) is 15.0. The van der Waals surface area contributed by atoms with Crippen molar-refractivity contribution >= 4 is 17.7 Å². The van der Waals surface area contributed by atoms with Crippen LogP contribution in [0.2, 0.25) is 0 Å². The summed E-state index contributed by atoms with van der Waals surface area (Å²) in [5.74, 6) is -0.138. The molecule has 0 unspecified atom stereocenters. The first-order valence-corrected chi connectivity index (χ1v) is 7.44. The lowest BCUT2D eigenvalue weighted by Crippen LogP contribution is -2.49. The van der Waals surface area contributed by atoms with Crippen molar-refractivity contribution in [2.75, 3.05) is 31.1 Å². The number of hydrogen-bond donors (Lipinski definition) is 1. The minimum Gasteiger partial charge on any atom is -0.478 e. The molecule has 2 aromatic rings. The van der Waals surface area contributed by atoms with Gasteiger partial charge >= 0.3 is 5.97 Å². The van der Waals surface area contributed by atoms with Crippen LogP contribution < -0.4 is 4.90 Å². The molecule has 6 heteroatoms. The highest BCUT2D eigenvalue weighted by Gasteiger charge is 2.22. The second-order valence-corrected chi connectivity index (χ2v) is 5.35. The summed E-state index contributed by atoms with van der Waals surface area (Å²) in [6.45, 7) is 2.71. The molecule has 1 fully saturated rings. The highest BCUT2D eigenvalue weighted by Crippen LogP contribution is 2.15. The van der Waals surface area contributed by atoms with Crippen LogP contribution in [0.5, 0.6) is 0 Å². The summed E-state index contributed by atoms with van der Waals surface area (Å²) < 4.78 is 0. The van der Waals surface area contributed by atoms with E-state index in [0.717, 1.165) is 18.9 Å². The fourth-order valence-corrected chi connectivity index (χ4v) is 2.62. The van der Waals surface area contributed by atoms with Crippen LogP contribution >= 0.6 is 0 Å². The van der Waals surface area contributed by atoms with Gasteiger partial charge in [0.15, 0.2) is 0 Å². The Morgan fingerprint density at radius 2 is 1.57 bits per heavy atom. The first-order chi connectivity index (χ1) is 11.1. The van der Waals surface area contributed by atoms with Crippen LogP contribution in [0, 0.1) is 0 Å². The molecule has 0 spiro atoms. The Kier molecular flexibility index (Phi) is 4.23. The van der Waals surface area contributed by atoms with E-state index < -0.39 is 5.97 Å². The van der Waals surface area contributed by atoms with Gasteiger partial charge in [0, 0.05) is 37.9 Å². The standard InChI is InChI=1S/C17H17N3O3/c21-16(13-4-6-14(7-5-13)17(22)23)20-11-9-19(10-12-20)15-3-1-2-8-18-15/h1-8H,9-12H2,(H,22,23). The number of hydrogen-bond acceptors (Lipinski definition) is 4. The number of carboxylic acids is 1. The van der Waals surface area contributed by atoms with Gasteiger partial charge in [0.25, 0.3) is 5.91 Å². The van der Waals surface area contributed by atoms with E-state index in [2.05, 4.69) is 9.88 Å². The van der Waals surface area contributed by atoms with Crippen LogP contribution in [-0.2, 0) is 0 Å². The molecule has 0 aliphatic carbocycles. The van der Waals surface area contributed by atoms with Crippen LogP contribution in [0.15, 0.2) is 48.7 Å². The van der Waals surface area contributed by atoms with E-state index >= 15 is 0 Å². The topological polar surface area (TPSA) is 73.7 Å². The number of pyridine rings is 1. The Labute approximate surface area is 134 Å². The molecule has 1 amide bonds. The molecule has 1 aliphatic heterocycles. The lowest BCUT2D eigenvalue weighted by Gasteiger charge is -2.35. The molecule has 1 aromatic heterocycles. The minimum atomic E-state index is -0.993. The average Bonchev–Trinajstić information content (AvgIpc) is 2.62. The molecule has 0 bridgehead atoms. The van der Waals surface area contributed by atoms with Crippen molar-refractivity contribution < 1.29 is 14.7 Å². The Bertz CT molecular complexity index is 693. The predicted octanol–water partition coefficient (Wildman–Crippen LogP) is 1.74. The number of piperazine rings is 1. The zero-order valence-electron chi connectivity index (χ0n) is 12.6. The van der Waals surface area contributed by atoms with Crippen LogP contribution in [0.1, 0.15) is 20.7 Å². The Balaban J connectivity index is 1.63. The summed E-state index contributed by atoms with van der Waals surface area (Å²) in [5.41, 5.74) is 0.697. The van der Waals surface area contributed by atoms with Gasteiger partial charge in [-0.05, 0) is 36.4 Å². The number of aromatic carboxylic acids is 1. The Morgan fingerprint density at radius 3 is 2.13 bits per heavy atom. The highest BCUT2D eigenvalue weighted by molar-refractivity contribution is 5.96. The van der Waals surface area contributed by atoms with Gasteiger partial charge in [-0.25, -0.2) is 9.78 Å². The summed E-state index contributed by atoms with van der Waals surface area (Å²) in [5, 5.41) is 8.89. The molecular formula is C17H17N3O3. The Morgan fingerprint density at radius 1 is 0.913 bits per heavy atom. The number of carboxylic acid groups (broad SMARTS) is 1. The molecule has 1 aliphatic rings. The van der Waals surface area contributed by atoms with E-state index in [1.807, 2.05) is 18.2 Å². The van der Waals surface area contributed by atoms with Crippen molar-refractivity contribution in [3.05, 3.63) is 59.8 Å². The number of anilines is 1. The first-order valence-electron chi connectivity index (χ1n) is 7.44. The zero-order valence-corrected chi connectivity index (χ0v) is 12.6. The summed E-state index contributed by atoms with van der Waals surface area (Å²) in [6, 6.07) is 11.8. The van der Waals surface area contributed by atoms with Crippen LogP contribution in [-0.4, -0.2) is 53.0 Å². The van der Waals surface area contributed by atoms with Gasteiger partial charge < -0.3 is 14.9 Å². The number of rotatable bonds is 3. The smallest absolute Gasteiger partial charge is 0.335 e. The van der Waals surface area contributed by atoms with Gasteiger partial charge in [-0.3, -0.25) is 4.79 Å². The number of carbonyl (C=O) groups is 2. The van der Waals surface area contributed by atoms with E-state index in [0.29, 0.717) is 18.7 Å². The summed E-state index contributed by atoms with van der Waals surface area (Å²) >= 11 is 0. The number of aromatic nitrogens is 1. The molecule has 118 valence electrons. The summed E-state index contributed by atoms with van der Waals surface area (Å²) in [6.07, 6.45) is 1.76. The van der Waals surface area contributed by atoms with Gasteiger partial charge in [0.05, 0.1) is 5.56 Å². The van der Waals surface area contributed by atoms with Crippen molar-refractivity contribution in [3.8, 4) is 0 Å². The van der Waals surface area contributed by atoms with Crippen LogP contribution in [0.4, 0.5) is 5.82 Å². The van der Waals surface area contributed by atoms with Crippen LogP contribution in [0.3, 0.4) is 0 Å². The lowest BCUT2D eigenvalue weighted by atomic mass is 10.1. The maximum absolute atomic E-state index is 12.5. The molecule has 2 heterocycles. The average molecular weight is 311 g/mol. The van der Waals surface area contributed by atoms with E-state index in [4.69, 9.17) is 5.11 Å². The van der Waals surface area contributed by atoms with E-state index in [1.165, 1.54) is 12.1 Å². The fraction of sp³-hybridized carbons (Fsp3) is 0.235. The molecule has 23 heavy (non-hydrogen) atoms. The molecule has 6 nitrogen and oxygen atoms in total. The third-order valence-corrected chi connectivity index (χ3v) is 3.92. The molecule has 0 saturated carbocycles. The largest absolute Gasteiger partial charge is 0.478 e. The van der Waals surface area contributed by atoms with E-state index in [-0.39, 0.29) is 11.5 Å². The predicted molar refractivity (Wildman–Crippen MR) is 85.8 cm³/mol. The van der Waals surface area contributed by atoms with Gasteiger partial charge in [0.2, 0.25) is 0 Å². The van der Waals surface area contributed by atoms with Crippen molar-refractivity contribution in [2.45, 2.75) is 0 Å². The zero-order chi connectivity index (χ0) is 16.2. The number of benzene rings is 1. The second-order valence-electron chi connectivity index (χ2n) is 5.35. The maximum Gasteiger partial charge on any atom is 0.335 e. The van der Waals surface area contributed by atoms with E-state index in [9.17, 15) is 9.59 Å². The van der Waals surface area contributed by atoms with Crippen molar-refractivity contribution in [1.82, 2.24) is 9.88 Å². The molecule has 0 radical (unpaired) electrons. The molecule has 0 atom stereocenters. The van der Waals surface area contributed by atoms with Gasteiger partial charge in [-0.15, -0.1) is 0 Å². The summed E-state index contributed by atoms with van der Waals surface area (Å²) in [7, 11) is 0. The molecule has 1 aromatic carbocycles. The molecule has 3 rings (SSSR count). The molecule has 1 N–H and O–H groups in total. The Hall–Kier alpha value is -2.89. The van der Waals surface area contributed by atoms with Crippen molar-refractivity contribution in [1.29, 1.82) is 0 Å². The van der Waals surface area contributed by atoms with Crippen LogP contribution in [0.25, 0.3) is 0 Å². The monoisotopic (exact) mass is 311 g/mol. The van der Waals surface area contributed by atoms with Gasteiger partial charge in [-0.1, -0.05) is 6.07 Å². The third-order valence-electron chi connectivity index (χ3n) is 3.92. The quantitative estimate of drug-likeness (QED) is 0.934. The van der Waals surface area contributed by atoms with E-state index in [1.54, 1.807) is 23.2 Å². The SMILES string of the molecule is O=C(O)c1ccc(C(=O)N2CCN(c3ccccn3)CC2)cc1. The molecular weight excluding hydrogens is 294 g/mol. The lowest BCUT2D eigenvalue weighted by molar-refractivity contribution is 0.0693.